The van der Waals surface area contributed by atoms with Crippen LogP contribution in [0.2, 0.25) is 0 Å². The molecule has 18 heavy (non-hydrogen) atoms. The summed E-state index contributed by atoms with van der Waals surface area (Å²) in [5, 5.41) is 8.33. The summed E-state index contributed by atoms with van der Waals surface area (Å²) in [6.07, 6.45) is 6.71. The van der Waals surface area contributed by atoms with Gasteiger partial charge < -0.3 is 4.90 Å². The zero-order chi connectivity index (χ0) is 13.5. The van der Waals surface area contributed by atoms with Crippen molar-refractivity contribution in [1.82, 2.24) is 10.4 Å². The van der Waals surface area contributed by atoms with E-state index < -0.39 is 0 Å². The number of Topliss-reactive ketones (excluding diaryl/α,β-unsaturated/α-hetero) is 1. The molecule has 0 unspecified atom stereocenters. The minimum Gasteiger partial charge on any atom is -0.381 e. The summed E-state index contributed by atoms with van der Waals surface area (Å²) in [5.74, 6) is -0.221. The van der Waals surface area contributed by atoms with Crippen LogP contribution in [0.1, 0.15) is 32.1 Å². The Morgan fingerprint density at radius 1 is 1.39 bits per heavy atom. The SMILES string of the molecule is CN(C)C1=CC=C(CCCCC(=O)NO)C(=O)C1. The zero-order valence-corrected chi connectivity index (χ0v) is 10.9. The van der Waals surface area contributed by atoms with E-state index in [1.54, 1.807) is 5.48 Å². The highest BCUT2D eigenvalue weighted by atomic mass is 16.5. The first-order chi connectivity index (χ1) is 8.54. The Morgan fingerprint density at radius 2 is 2.11 bits per heavy atom. The molecule has 0 heterocycles. The molecule has 2 N–H and O–H groups in total. The molecular formula is C13H20N2O3. The van der Waals surface area contributed by atoms with Gasteiger partial charge in [-0.15, -0.1) is 0 Å². The fourth-order valence-electron chi connectivity index (χ4n) is 1.81. The molecule has 100 valence electrons. The Balaban J connectivity index is 2.39. The lowest BCUT2D eigenvalue weighted by Gasteiger charge is -2.20. The van der Waals surface area contributed by atoms with Crippen molar-refractivity contribution in [2.24, 2.45) is 0 Å². The standard InChI is InChI=1S/C13H20N2O3/c1-15(2)11-8-7-10(12(16)9-11)5-3-4-6-13(17)14-18/h7-8,18H,3-6,9H2,1-2H3,(H,14,17). The van der Waals surface area contributed by atoms with Crippen LogP contribution in [0.3, 0.4) is 0 Å². The molecule has 5 heteroatoms. The van der Waals surface area contributed by atoms with E-state index in [2.05, 4.69) is 0 Å². The van der Waals surface area contributed by atoms with Crippen LogP contribution < -0.4 is 5.48 Å². The highest BCUT2D eigenvalue weighted by molar-refractivity contribution is 5.98. The minimum atomic E-state index is -0.381. The molecule has 5 nitrogen and oxygen atoms in total. The Bertz CT molecular complexity index is 384. The molecule has 0 aromatic heterocycles. The summed E-state index contributed by atoms with van der Waals surface area (Å²) < 4.78 is 0. The van der Waals surface area contributed by atoms with Crippen molar-refractivity contribution < 1.29 is 14.8 Å². The molecule has 0 atom stereocenters. The summed E-state index contributed by atoms with van der Waals surface area (Å²) in [4.78, 5) is 24.6. The van der Waals surface area contributed by atoms with Crippen LogP contribution in [0.4, 0.5) is 0 Å². The molecule has 0 bridgehead atoms. The van der Waals surface area contributed by atoms with Crippen molar-refractivity contribution in [3.8, 4) is 0 Å². The quantitative estimate of drug-likeness (QED) is 0.426. The van der Waals surface area contributed by atoms with E-state index in [0.29, 0.717) is 19.3 Å². The maximum atomic E-state index is 11.8. The number of ketones is 1. The van der Waals surface area contributed by atoms with Crippen molar-refractivity contribution >= 4 is 11.7 Å². The van der Waals surface area contributed by atoms with Crippen molar-refractivity contribution in [2.75, 3.05) is 14.1 Å². The summed E-state index contributed by atoms with van der Waals surface area (Å²) in [7, 11) is 3.84. The maximum absolute atomic E-state index is 11.8. The second-order valence-corrected chi connectivity index (χ2v) is 4.59. The lowest BCUT2D eigenvalue weighted by Crippen LogP contribution is -2.19. The van der Waals surface area contributed by atoms with Gasteiger partial charge in [0.25, 0.3) is 0 Å². The van der Waals surface area contributed by atoms with Crippen LogP contribution in [0.15, 0.2) is 23.4 Å². The molecule has 1 rings (SSSR count). The van der Waals surface area contributed by atoms with Crippen molar-refractivity contribution in [3.63, 3.8) is 0 Å². The lowest BCUT2D eigenvalue weighted by molar-refractivity contribution is -0.129. The first-order valence-electron chi connectivity index (χ1n) is 6.07. The van der Waals surface area contributed by atoms with E-state index in [4.69, 9.17) is 5.21 Å². The molecule has 0 fully saturated rings. The fraction of sp³-hybridized carbons (Fsp3) is 0.538. The largest absolute Gasteiger partial charge is 0.381 e. The Kier molecular flexibility index (Phi) is 5.58. The topological polar surface area (TPSA) is 69.6 Å². The second kappa shape index (κ2) is 6.96. The molecule has 0 aliphatic heterocycles. The van der Waals surface area contributed by atoms with Gasteiger partial charge in [-0.2, -0.15) is 0 Å². The highest BCUT2D eigenvalue weighted by Gasteiger charge is 2.16. The monoisotopic (exact) mass is 252 g/mol. The van der Waals surface area contributed by atoms with Gasteiger partial charge in [0, 0.05) is 26.2 Å². The van der Waals surface area contributed by atoms with Crippen LogP contribution in [0.5, 0.6) is 0 Å². The van der Waals surface area contributed by atoms with Gasteiger partial charge in [-0.25, -0.2) is 5.48 Å². The number of rotatable bonds is 6. The number of amides is 1. The van der Waals surface area contributed by atoms with Crippen molar-refractivity contribution in [1.29, 1.82) is 0 Å². The number of hydrogen-bond donors (Lipinski definition) is 2. The van der Waals surface area contributed by atoms with Crippen LogP contribution in [0.25, 0.3) is 0 Å². The smallest absolute Gasteiger partial charge is 0.243 e. The molecule has 0 radical (unpaired) electrons. The number of nitrogens with one attached hydrogen (secondary N) is 1. The van der Waals surface area contributed by atoms with E-state index >= 15 is 0 Å². The molecule has 0 aromatic carbocycles. The van der Waals surface area contributed by atoms with Gasteiger partial charge in [-0.3, -0.25) is 14.8 Å². The number of nitrogens with zero attached hydrogens (tertiary/aromatic N) is 1. The van der Waals surface area contributed by atoms with Gasteiger partial charge in [0.1, 0.15) is 0 Å². The predicted molar refractivity (Wildman–Crippen MR) is 67.9 cm³/mol. The van der Waals surface area contributed by atoms with E-state index in [0.717, 1.165) is 17.7 Å². The van der Waals surface area contributed by atoms with Crippen molar-refractivity contribution in [3.05, 3.63) is 23.4 Å². The Labute approximate surface area is 107 Å². The number of unbranched alkanes of at least 4 members (excludes halogenated alkanes) is 1. The molecule has 1 aliphatic rings. The van der Waals surface area contributed by atoms with Gasteiger partial charge in [-0.05, 0) is 30.9 Å². The second-order valence-electron chi connectivity index (χ2n) is 4.59. The third-order valence-corrected chi connectivity index (χ3v) is 2.98. The predicted octanol–water partition coefficient (Wildman–Crippen LogP) is 1.40. The van der Waals surface area contributed by atoms with E-state index in [1.165, 1.54) is 0 Å². The Morgan fingerprint density at radius 3 is 2.67 bits per heavy atom. The molecule has 1 amide bonds. The maximum Gasteiger partial charge on any atom is 0.243 e. The van der Waals surface area contributed by atoms with Crippen molar-refractivity contribution in [2.45, 2.75) is 32.1 Å². The average Bonchev–Trinajstić information content (AvgIpc) is 2.35. The number of carbonyl (C=O) groups excluding carboxylic acids is 2. The molecule has 0 saturated carbocycles. The average molecular weight is 252 g/mol. The van der Waals surface area contributed by atoms with E-state index in [-0.39, 0.29) is 18.1 Å². The van der Waals surface area contributed by atoms with E-state index in [9.17, 15) is 9.59 Å². The van der Waals surface area contributed by atoms with Crippen LogP contribution >= 0.6 is 0 Å². The van der Waals surface area contributed by atoms with Gasteiger partial charge in [-0.1, -0.05) is 6.08 Å². The third-order valence-electron chi connectivity index (χ3n) is 2.98. The summed E-state index contributed by atoms with van der Waals surface area (Å²) in [5.41, 5.74) is 3.44. The molecule has 1 aliphatic carbocycles. The van der Waals surface area contributed by atoms with Gasteiger partial charge in [0.05, 0.1) is 6.42 Å². The van der Waals surface area contributed by atoms with Gasteiger partial charge >= 0.3 is 0 Å². The van der Waals surface area contributed by atoms with Crippen LogP contribution in [-0.2, 0) is 9.59 Å². The molecule has 0 spiro atoms. The van der Waals surface area contributed by atoms with Gasteiger partial charge in [0.15, 0.2) is 5.78 Å². The summed E-state index contributed by atoms with van der Waals surface area (Å²) >= 11 is 0. The minimum absolute atomic E-state index is 0.160. The van der Waals surface area contributed by atoms with E-state index in [1.807, 2.05) is 31.1 Å². The first-order valence-corrected chi connectivity index (χ1v) is 6.07. The van der Waals surface area contributed by atoms with Crippen LogP contribution in [0, 0.1) is 0 Å². The van der Waals surface area contributed by atoms with Crippen LogP contribution in [-0.4, -0.2) is 35.9 Å². The lowest BCUT2D eigenvalue weighted by atomic mass is 9.96. The summed E-state index contributed by atoms with van der Waals surface area (Å²) in [6, 6.07) is 0. The number of carbonyl (C=O) groups is 2. The number of allylic oxidation sites excluding steroid dienone is 4. The summed E-state index contributed by atoms with van der Waals surface area (Å²) in [6.45, 7) is 0. The normalized spacial score (nSPS) is 14.9. The number of hydroxylamine groups is 1. The molecular weight excluding hydrogens is 232 g/mol. The first kappa shape index (κ1) is 14.4. The molecule has 0 saturated heterocycles. The third kappa shape index (κ3) is 4.33. The van der Waals surface area contributed by atoms with Gasteiger partial charge in [0.2, 0.25) is 5.91 Å². The molecule has 0 aromatic rings. The number of hydrogen-bond acceptors (Lipinski definition) is 4. The fourth-order valence-corrected chi connectivity index (χ4v) is 1.81. The Hall–Kier alpha value is -1.62. The highest BCUT2D eigenvalue weighted by Crippen LogP contribution is 2.20. The zero-order valence-electron chi connectivity index (χ0n) is 10.9.